The quantitative estimate of drug-likeness (QED) is 0.419. The lowest BCUT2D eigenvalue weighted by molar-refractivity contribution is 0.866. The van der Waals surface area contributed by atoms with Crippen LogP contribution >= 0.6 is 0 Å². The molecule has 0 saturated carbocycles. The number of benzene rings is 3. The van der Waals surface area contributed by atoms with Crippen LogP contribution in [0.5, 0.6) is 0 Å². The summed E-state index contributed by atoms with van der Waals surface area (Å²) in [7, 11) is 0. The second kappa shape index (κ2) is 9.59. The van der Waals surface area contributed by atoms with E-state index in [0.29, 0.717) is 0 Å². The Hall–Kier alpha value is -3.06. The van der Waals surface area contributed by atoms with Crippen molar-refractivity contribution in [2.45, 2.75) is 13.8 Å². The number of hydrogen-bond acceptors (Lipinski definition) is 1. The molecule has 0 unspecified atom stereocenters. The van der Waals surface area contributed by atoms with E-state index in [1.165, 1.54) is 27.9 Å². The minimum absolute atomic E-state index is 1.04. The third kappa shape index (κ3) is 5.46. The normalized spacial score (nSPS) is 11.3. The number of rotatable bonds is 7. The smallest absolute Gasteiger partial charge is 0.0366 e. The molecule has 27 heavy (non-hydrogen) atoms. The lowest BCUT2D eigenvalue weighted by Crippen LogP contribution is -2.21. The third-order valence-electron chi connectivity index (χ3n) is 4.69. The lowest BCUT2D eigenvalue weighted by Gasteiger charge is -2.20. The first kappa shape index (κ1) is 18.7. The van der Waals surface area contributed by atoms with Crippen molar-refractivity contribution in [3.8, 4) is 0 Å². The molecule has 136 valence electrons. The molecule has 1 heteroatoms. The first-order chi connectivity index (χ1) is 13.3. The van der Waals surface area contributed by atoms with Crippen molar-refractivity contribution >= 4 is 30.0 Å². The van der Waals surface area contributed by atoms with Gasteiger partial charge in [0.25, 0.3) is 0 Å². The van der Waals surface area contributed by atoms with Crippen molar-refractivity contribution in [1.82, 2.24) is 0 Å². The molecule has 0 atom stereocenters. The van der Waals surface area contributed by atoms with Crippen LogP contribution in [0.4, 0.5) is 5.69 Å². The minimum atomic E-state index is 1.04. The second-order valence-corrected chi connectivity index (χ2v) is 6.51. The van der Waals surface area contributed by atoms with Gasteiger partial charge in [-0.15, -0.1) is 0 Å². The van der Waals surface area contributed by atoms with Gasteiger partial charge in [-0.3, -0.25) is 0 Å². The van der Waals surface area contributed by atoms with E-state index in [2.05, 4.69) is 116 Å². The zero-order valence-corrected chi connectivity index (χ0v) is 16.2. The van der Waals surface area contributed by atoms with E-state index in [9.17, 15) is 0 Å². The Balaban J connectivity index is 1.63. The molecule has 1 nitrogen and oxygen atoms in total. The molecule has 0 fully saturated rings. The summed E-state index contributed by atoms with van der Waals surface area (Å²) in [4.78, 5) is 2.36. The van der Waals surface area contributed by atoms with E-state index >= 15 is 0 Å². The molecule has 0 radical (unpaired) electrons. The van der Waals surface area contributed by atoms with E-state index in [1.807, 2.05) is 6.07 Å². The predicted octanol–water partition coefficient (Wildman–Crippen LogP) is 6.87. The maximum absolute atomic E-state index is 2.36. The summed E-state index contributed by atoms with van der Waals surface area (Å²) < 4.78 is 0. The van der Waals surface area contributed by atoms with Crippen LogP contribution in [0.15, 0.2) is 78.9 Å². The summed E-state index contributed by atoms with van der Waals surface area (Å²) in [5, 5.41) is 0. The molecule has 0 aliphatic carbocycles. The number of nitrogens with zero attached hydrogens (tertiary/aromatic N) is 1. The Morgan fingerprint density at radius 2 is 0.889 bits per heavy atom. The molecular formula is C26H27N. The largest absolute Gasteiger partial charge is 0.372 e. The Morgan fingerprint density at radius 1 is 0.519 bits per heavy atom. The van der Waals surface area contributed by atoms with Crippen molar-refractivity contribution in [3.63, 3.8) is 0 Å². The molecule has 3 aromatic carbocycles. The molecule has 0 heterocycles. The Labute approximate surface area is 163 Å². The molecule has 0 aliphatic rings. The van der Waals surface area contributed by atoms with Crippen LogP contribution < -0.4 is 4.90 Å². The summed E-state index contributed by atoms with van der Waals surface area (Å²) in [6.07, 6.45) is 8.62. The van der Waals surface area contributed by atoms with E-state index in [4.69, 9.17) is 0 Å². The van der Waals surface area contributed by atoms with Crippen LogP contribution in [0.2, 0.25) is 0 Å². The third-order valence-corrected chi connectivity index (χ3v) is 4.69. The summed E-state index contributed by atoms with van der Waals surface area (Å²) in [6.45, 7) is 6.46. The summed E-state index contributed by atoms with van der Waals surface area (Å²) >= 11 is 0. The highest BCUT2D eigenvalue weighted by molar-refractivity contribution is 5.73. The van der Waals surface area contributed by atoms with E-state index in [1.54, 1.807) is 0 Å². The topological polar surface area (TPSA) is 3.24 Å². The molecule has 3 aromatic rings. The molecule has 0 aromatic heterocycles. The van der Waals surface area contributed by atoms with Crippen LogP contribution in [0.3, 0.4) is 0 Å². The van der Waals surface area contributed by atoms with Crippen LogP contribution in [0.25, 0.3) is 24.3 Å². The lowest BCUT2D eigenvalue weighted by atomic mass is 10.1. The van der Waals surface area contributed by atoms with Gasteiger partial charge in [0.1, 0.15) is 0 Å². The highest BCUT2D eigenvalue weighted by Gasteiger charge is 2.00. The van der Waals surface area contributed by atoms with Gasteiger partial charge in [0.05, 0.1) is 0 Å². The maximum atomic E-state index is 2.36. The zero-order chi connectivity index (χ0) is 18.9. The Bertz CT molecular complexity index is 868. The first-order valence-electron chi connectivity index (χ1n) is 9.65. The van der Waals surface area contributed by atoms with Gasteiger partial charge in [-0.05, 0) is 48.2 Å². The van der Waals surface area contributed by atoms with Crippen molar-refractivity contribution in [1.29, 1.82) is 0 Å². The fourth-order valence-electron chi connectivity index (χ4n) is 3.05. The molecule has 0 spiro atoms. The van der Waals surface area contributed by atoms with Crippen molar-refractivity contribution in [2.75, 3.05) is 18.0 Å². The number of anilines is 1. The molecule has 0 bridgehead atoms. The van der Waals surface area contributed by atoms with Gasteiger partial charge >= 0.3 is 0 Å². The minimum Gasteiger partial charge on any atom is -0.372 e. The van der Waals surface area contributed by atoms with Gasteiger partial charge in [0, 0.05) is 18.8 Å². The van der Waals surface area contributed by atoms with Gasteiger partial charge in [-0.2, -0.15) is 0 Å². The van der Waals surface area contributed by atoms with Crippen LogP contribution in [-0.2, 0) is 0 Å². The number of hydrogen-bond donors (Lipinski definition) is 0. The molecule has 0 N–H and O–H groups in total. The molecule has 0 aliphatic heterocycles. The summed E-state index contributed by atoms with van der Waals surface area (Å²) in [6, 6.07) is 27.8. The molecule has 3 rings (SSSR count). The van der Waals surface area contributed by atoms with E-state index in [-0.39, 0.29) is 0 Å². The Kier molecular flexibility index (Phi) is 6.65. The standard InChI is InChI=1S/C26H27N/c1-3-27(4-2)26-20-18-25(19-21-26)17-16-24-14-12-23(13-15-24)11-10-22-8-6-5-7-9-22/h5-21H,3-4H2,1-2H3/b11-10+,17-16+. The first-order valence-corrected chi connectivity index (χ1v) is 9.65. The van der Waals surface area contributed by atoms with Gasteiger partial charge in [-0.1, -0.05) is 91.0 Å². The highest BCUT2D eigenvalue weighted by atomic mass is 15.1. The van der Waals surface area contributed by atoms with Gasteiger partial charge in [-0.25, -0.2) is 0 Å². The van der Waals surface area contributed by atoms with Crippen molar-refractivity contribution < 1.29 is 0 Å². The van der Waals surface area contributed by atoms with Crippen LogP contribution in [0, 0.1) is 0 Å². The van der Waals surface area contributed by atoms with Crippen LogP contribution in [0.1, 0.15) is 36.1 Å². The Morgan fingerprint density at radius 3 is 1.30 bits per heavy atom. The van der Waals surface area contributed by atoms with Gasteiger partial charge in [0.2, 0.25) is 0 Å². The average Bonchev–Trinajstić information content (AvgIpc) is 2.74. The average molecular weight is 354 g/mol. The van der Waals surface area contributed by atoms with Gasteiger partial charge in [0.15, 0.2) is 0 Å². The monoisotopic (exact) mass is 353 g/mol. The fraction of sp³-hybridized carbons (Fsp3) is 0.154. The van der Waals surface area contributed by atoms with E-state index < -0.39 is 0 Å². The van der Waals surface area contributed by atoms with Crippen molar-refractivity contribution in [2.24, 2.45) is 0 Å². The second-order valence-electron chi connectivity index (χ2n) is 6.51. The summed E-state index contributed by atoms with van der Waals surface area (Å²) in [5.41, 5.74) is 6.14. The van der Waals surface area contributed by atoms with Crippen LogP contribution in [-0.4, -0.2) is 13.1 Å². The molecule has 0 amide bonds. The summed E-state index contributed by atoms with van der Waals surface area (Å²) in [5.74, 6) is 0. The maximum Gasteiger partial charge on any atom is 0.0366 e. The fourth-order valence-corrected chi connectivity index (χ4v) is 3.05. The molecular weight excluding hydrogens is 326 g/mol. The van der Waals surface area contributed by atoms with E-state index in [0.717, 1.165) is 13.1 Å². The predicted molar refractivity (Wildman–Crippen MR) is 121 cm³/mol. The SMILES string of the molecule is CCN(CC)c1ccc(/C=C/c2ccc(/C=C/c3ccccc3)cc2)cc1. The van der Waals surface area contributed by atoms with Gasteiger partial charge < -0.3 is 4.90 Å². The zero-order valence-electron chi connectivity index (χ0n) is 16.2. The van der Waals surface area contributed by atoms with Crippen molar-refractivity contribution in [3.05, 3.63) is 101 Å². The molecule has 0 saturated heterocycles. The highest BCUT2D eigenvalue weighted by Crippen LogP contribution is 2.17.